The molecule has 0 unspecified atom stereocenters. The average molecular weight is 353 g/mol. The summed E-state index contributed by atoms with van der Waals surface area (Å²) in [6, 6.07) is 15.2. The Bertz CT molecular complexity index is 558. The first-order valence-electron chi connectivity index (χ1n) is 10.9. The summed E-state index contributed by atoms with van der Waals surface area (Å²) < 4.78 is 2.26. The molecule has 0 bridgehead atoms. The largest absolute Gasteiger partial charge is 0.201 e. The number of hydrogen-bond donors (Lipinski definition) is 0. The van der Waals surface area contributed by atoms with E-state index in [2.05, 4.69) is 66.3 Å². The molecule has 0 aliphatic heterocycles. The van der Waals surface area contributed by atoms with Gasteiger partial charge >= 0.3 is 0 Å². The van der Waals surface area contributed by atoms with Crippen LogP contribution in [0.1, 0.15) is 88.7 Å². The van der Waals surface area contributed by atoms with Crippen molar-refractivity contribution in [2.75, 3.05) is 0 Å². The molecule has 0 saturated carbocycles. The van der Waals surface area contributed by atoms with Crippen molar-refractivity contribution in [3.63, 3.8) is 0 Å². The molecule has 142 valence electrons. The van der Waals surface area contributed by atoms with E-state index in [0.29, 0.717) is 0 Å². The lowest BCUT2D eigenvalue weighted by Gasteiger charge is -2.03. The van der Waals surface area contributed by atoms with Crippen molar-refractivity contribution < 1.29 is 4.57 Å². The van der Waals surface area contributed by atoms with Gasteiger partial charge in [0.2, 0.25) is 0 Å². The first-order valence-corrected chi connectivity index (χ1v) is 10.9. The van der Waals surface area contributed by atoms with Crippen molar-refractivity contribution in [3.8, 4) is 0 Å². The van der Waals surface area contributed by atoms with Crippen LogP contribution in [0.15, 0.2) is 54.9 Å². The minimum absolute atomic E-state index is 0.958. The summed E-state index contributed by atoms with van der Waals surface area (Å²) in [6.45, 7) is 3.25. The van der Waals surface area contributed by atoms with Gasteiger partial charge in [-0.1, -0.05) is 101 Å². The molecule has 2 aromatic rings. The fraction of sp³-hybridized carbons (Fsp3) is 0.560. The number of pyridine rings is 1. The van der Waals surface area contributed by atoms with Crippen LogP contribution in [0.3, 0.4) is 0 Å². The van der Waals surface area contributed by atoms with E-state index < -0.39 is 0 Å². The molecular weight excluding hydrogens is 314 g/mol. The zero-order chi connectivity index (χ0) is 18.3. The lowest BCUT2D eigenvalue weighted by atomic mass is 10.0. The second-order valence-electron chi connectivity index (χ2n) is 7.65. The highest BCUT2D eigenvalue weighted by Crippen LogP contribution is 2.12. The van der Waals surface area contributed by atoms with Gasteiger partial charge in [-0.15, -0.1) is 0 Å². The Kier molecular flexibility index (Phi) is 10.8. The van der Waals surface area contributed by atoms with Crippen LogP contribution in [0.5, 0.6) is 0 Å². The van der Waals surface area contributed by atoms with Crippen LogP contribution in [0.25, 0.3) is 0 Å². The molecule has 0 N–H and O–H groups in total. The third kappa shape index (κ3) is 9.17. The molecule has 0 radical (unpaired) electrons. The number of nitrogens with zero attached hydrogens (tertiary/aromatic N) is 1. The normalized spacial score (nSPS) is 11.0. The van der Waals surface area contributed by atoms with E-state index in [-0.39, 0.29) is 0 Å². The van der Waals surface area contributed by atoms with Crippen LogP contribution >= 0.6 is 0 Å². The van der Waals surface area contributed by atoms with E-state index in [4.69, 9.17) is 0 Å². The van der Waals surface area contributed by atoms with Crippen LogP contribution in [-0.4, -0.2) is 0 Å². The van der Waals surface area contributed by atoms with Gasteiger partial charge in [0.05, 0.1) is 0 Å². The minimum Gasteiger partial charge on any atom is -0.201 e. The molecule has 26 heavy (non-hydrogen) atoms. The van der Waals surface area contributed by atoms with Gasteiger partial charge in [0.25, 0.3) is 0 Å². The van der Waals surface area contributed by atoms with Gasteiger partial charge in [0, 0.05) is 17.7 Å². The lowest BCUT2D eigenvalue weighted by molar-refractivity contribution is -0.688. The second-order valence-corrected chi connectivity index (χ2v) is 7.65. The fourth-order valence-electron chi connectivity index (χ4n) is 3.55. The predicted octanol–water partition coefficient (Wildman–Crippen LogP) is 6.88. The van der Waals surface area contributed by atoms with E-state index in [0.717, 1.165) is 6.54 Å². The second kappa shape index (κ2) is 13.6. The Morgan fingerprint density at radius 3 is 1.69 bits per heavy atom. The molecule has 0 saturated heterocycles. The van der Waals surface area contributed by atoms with Gasteiger partial charge in [-0.05, 0) is 18.4 Å². The third-order valence-electron chi connectivity index (χ3n) is 5.24. The summed E-state index contributed by atoms with van der Waals surface area (Å²) in [5.41, 5.74) is 2.83. The van der Waals surface area contributed by atoms with Crippen molar-refractivity contribution in [1.82, 2.24) is 0 Å². The van der Waals surface area contributed by atoms with E-state index in [1.165, 1.54) is 88.2 Å². The van der Waals surface area contributed by atoms with Gasteiger partial charge < -0.3 is 0 Å². The standard InChI is InChI=1S/C25H38N/c1-2-3-4-5-6-7-8-9-10-11-13-16-24-19-21-26(22-20-24)23-25-17-14-12-15-18-25/h12,14-15,17-22H,2-11,13,16,23H2,1H3/q+1. The summed E-state index contributed by atoms with van der Waals surface area (Å²) in [6.07, 6.45) is 21.2. The molecular formula is C25H38N+. The average Bonchev–Trinajstić information content (AvgIpc) is 2.68. The molecule has 1 aromatic carbocycles. The molecule has 1 nitrogen and oxygen atoms in total. The van der Waals surface area contributed by atoms with Gasteiger partial charge in [0.15, 0.2) is 18.9 Å². The lowest BCUT2D eigenvalue weighted by Crippen LogP contribution is -2.33. The van der Waals surface area contributed by atoms with E-state index in [1.807, 2.05) is 0 Å². The number of aryl methyl sites for hydroxylation is 1. The van der Waals surface area contributed by atoms with Crippen molar-refractivity contribution in [1.29, 1.82) is 0 Å². The highest BCUT2D eigenvalue weighted by Gasteiger charge is 2.02. The zero-order valence-corrected chi connectivity index (χ0v) is 16.8. The number of rotatable bonds is 14. The Labute approximate surface area is 161 Å². The first kappa shape index (κ1) is 20.7. The summed E-state index contributed by atoms with van der Waals surface area (Å²) in [5.74, 6) is 0. The quantitative estimate of drug-likeness (QED) is 0.258. The van der Waals surface area contributed by atoms with Crippen molar-refractivity contribution in [2.24, 2.45) is 0 Å². The maximum atomic E-state index is 2.29. The third-order valence-corrected chi connectivity index (χ3v) is 5.24. The fourth-order valence-corrected chi connectivity index (χ4v) is 3.55. The van der Waals surface area contributed by atoms with Crippen LogP contribution in [0.4, 0.5) is 0 Å². The summed E-state index contributed by atoms with van der Waals surface area (Å²) in [5, 5.41) is 0. The van der Waals surface area contributed by atoms with Crippen molar-refractivity contribution >= 4 is 0 Å². The van der Waals surface area contributed by atoms with Crippen molar-refractivity contribution in [3.05, 3.63) is 66.0 Å². The Hall–Kier alpha value is -1.63. The number of benzene rings is 1. The number of hydrogen-bond acceptors (Lipinski definition) is 0. The van der Waals surface area contributed by atoms with E-state index in [9.17, 15) is 0 Å². The SMILES string of the molecule is CCCCCCCCCCCCCc1cc[n+](Cc2ccccc2)cc1. The monoisotopic (exact) mass is 352 g/mol. The molecule has 0 amide bonds. The Morgan fingerprint density at radius 1 is 0.577 bits per heavy atom. The molecule has 1 heteroatoms. The minimum atomic E-state index is 0.958. The highest BCUT2D eigenvalue weighted by molar-refractivity contribution is 5.13. The maximum Gasteiger partial charge on any atom is 0.173 e. The van der Waals surface area contributed by atoms with Gasteiger partial charge in [-0.2, -0.15) is 0 Å². The summed E-state index contributed by atoms with van der Waals surface area (Å²) >= 11 is 0. The zero-order valence-electron chi connectivity index (χ0n) is 16.8. The molecule has 0 fully saturated rings. The van der Waals surface area contributed by atoms with Gasteiger partial charge in [-0.3, -0.25) is 0 Å². The van der Waals surface area contributed by atoms with Gasteiger partial charge in [0.1, 0.15) is 0 Å². The molecule has 1 heterocycles. The smallest absolute Gasteiger partial charge is 0.173 e. The van der Waals surface area contributed by atoms with E-state index in [1.54, 1.807) is 0 Å². The van der Waals surface area contributed by atoms with Crippen LogP contribution in [0, 0.1) is 0 Å². The van der Waals surface area contributed by atoms with Crippen LogP contribution < -0.4 is 4.57 Å². The highest BCUT2D eigenvalue weighted by atomic mass is 14.9. The molecule has 0 aliphatic rings. The molecule has 1 aromatic heterocycles. The van der Waals surface area contributed by atoms with Gasteiger partial charge in [-0.25, -0.2) is 4.57 Å². The molecule has 0 aliphatic carbocycles. The topological polar surface area (TPSA) is 3.88 Å². The summed E-state index contributed by atoms with van der Waals surface area (Å²) in [7, 11) is 0. The number of aromatic nitrogens is 1. The molecule has 0 spiro atoms. The first-order chi connectivity index (χ1) is 12.9. The Balaban J connectivity index is 1.49. The maximum absolute atomic E-state index is 2.29. The van der Waals surface area contributed by atoms with Crippen molar-refractivity contribution in [2.45, 2.75) is 90.5 Å². The Morgan fingerprint density at radius 2 is 1.12 bits per heavy atom. The van der Waals surface area contributed by atoms with E-state index >= 15 is 0 Å². The number of unbranched alkanes of at least 4 members (excludes halogenated alkanes) is 10. The summed E-state index contributed by atoms with van der Waals surface area (Å²) in [4.78, 5) is 0. The molecule has 2 rings (SSSR count). The predicted molar refractivity (Wildman–Crippen MR) is 112 cm³/mol. The van der Waals surface area contributed by atoms with Crippen LogP contribution in [-0.2, 0) is 13.0 Å². The molecule has 0 atom stereocenters. The van der Waals surface area contributed by atoms with Crippen LogP contribution in [0.2, 0.25) is 0 Å².